The van der Waals surface area contributed by atoms with Crippen molar-refractivity contribution in [2.24, 2.45) is 5.92 Å². The second kappa shape index (κ2) is 7.26. The molecule has 110 valence electrons. The van der Waals surface area contributed by atoms with E-state index in [-0.39, 0.29) is 17.8 Å². The second-order valence-corrected chi connectivity index (χ2v) is 7.59. The van der Waals surface area contributed by atoms with Gasteiger partial charge in [-0.25, -0.2) is 0 Å². The molecule has 0 saturated heterocycles. The lowest BCUT2D eigenvalue weighted by atomic mass is 9.87. The van der Waals surface area contributed by atoms with Gasteiger partial charge in [0.2, 0.25) is 0 Å². The molecule has 0 radical (unpaired) electrons. The fraction of sp³-hybridized carbons (Fsp3) is 0.500. The third-order valence-electron chi connectivity index (χ3n) is 3.58. The van der Waals surface area contributed by atoms with E-state index in [0.717, 1.165) is 29.3 Å². The van der Waals surface area contributed by atoms with Gasteiger partial charge in [0.25, 0.3) is 5.91 Å². The molecule has 0 bridgehead atoms. The third-order valence-corrected chi connectivity index (χ3v) is 5.02. The Morgan fingerprint density at radius 3 is 2.80 bits per heavy atom. The van der Waals surface area contributed by atoms with Crippen LogP contribution < -0.4 is 5.32 Å². The molecule has 2 atom stereocenters. The monoisotopic (exact) mass is 501 g/mol. The van der Waals surface area contributed by atoms with Gasteiger partial charge >= 0.3 is 0 Å². The number of phenolic OH excluding ortho intramolecular Hbond substituents is 1. The van der Waals surface area contributed by atoms with Gasteiger partial charge in [-0.3, -0.25) is 4.79 Å². The third kappa shape index (κ3) is 4.20. The Morgan fingerprint density at radius 2 is 2.10 bits per heavy atom. The topological polar surface area (TPSA) is 69.6 Å². The first kappa shape index (κ1) is 16.3. The lowest BCUT2D eigenvalue weighted by Crippen LogP contribution is -2.33. The highest BCUT2D eigenvalue weighted by molar-refractivity contribution is 14.1. The van der Waals surface area contributed by atoms with Crippen molar-refractivity contribution >= 4 is 51.1 Å². The first-order chi connectivity index (χ1) is 9.47. The summed E-state index contributed by atoms with van der Waals surface area (Å²) in [5.41, 5.74) is 0.317. The molecule has 1 aromatic carbocycles. The normalized spacial score (nSPS) is 22.6. The number of aliphatic hydroxyl groups excluding tert-OH is 1. The van der Waals surface area contributed by atoms with Gasteiger partial charge in [0, 0.05) is 10.1 Å². The fourth-order valence-electron chi connectivity index (χ4n) is 2.52. The number of phenols is 1. The zero-order valence-corrected chi connectivity index (χ0v) is 15.2. The van der Waals surface area contributed by atoms with Gasteiger partial charge in [0.15, 0.2) is 0 Å². The molecule has 1 fully saturated rings. The summed E-state index contributed by atoms with van der Waals surface area (Å²) in [6.45, 7) is 0.553. The summed E-state index contributed by atoms with van der Waals surface area (Å²) < 4.78 is 1.59. The summed E-state index contributed by atoms with van der Waals surface area (Å²) in [6.07, 6.45) is 3.41. The number of hydrogen-bond donors (Lipinski definition) is 3. The second-order valence-electron chi connectivity index (χ2n) is 5.18. The van der Waals surface area contributed by atoms with Crippen molar-refractivity contribution in [3.63, 3.8) is 0 Å². The van der Waals surface area contributed by atoms with Crippen LogP contribution in [0.25, 0.3) is 0 Å². The number of carbonyl (C=O) groups is 1. The van der Waals surface area contributed by atoms with Crippen LogP contribution in [-0.2, 0) is 0 Å². The van der Waals surface area contributed by atoms with Gasteiger partial charge in [-0.2, -0.15) is 0 Å². The maximum atomic E-state index is 12.2. The summed E-state index contributed by atoms with van der Waals surface area (Å²) >= 11 is 4.14. The number of amides is 1. The van der Waals surface area contributed by atoms with Crippen molar-refractivity contribution in [3.8, 4) is 5.75 Å². The van der Waals surface area contributed by atoms with Crippen molar-refractivity contribution in [1.82, 2.24) is 5.32 Å². The summed E-state index contributed by atoms with van der Waals surface area (Å²) in [4.78, 5) is 12.2. The van der Waals surface area contributed by atoms with Crippen LogP contribution in [0.1, 0.15) is 36.0 Å². The van der Waals surface area contributed by atoms with Gasteiger partial charge in [-0.05, 0) is 82.5 Å². The van der Waals surface area contributed by atoms with Crippen LogP contribution in [0.15, 0.2) is 12.1 Å². The number of benzene rings is 1. The highest BCUT2D eigenvalue weighted by Crippen LogP contribution is 2.27. The number of aromatic hydroxyl groups is 1. The zero-order valence-electron chi connectivity index (χ0n) is 10.9. The Labute approximate surface area is 145 Å². The van der Waals surface area contributed by atoms with E-state index < -0.39 is 0 Å². The summed E-state index contributed by atoms with van der Waals surface area (Å²) in [7, 11) is 0. The average molecular weight is 501 g/mol. The van der Waals surface area contributed by atoms with Crippen LogP contribution in [0.4, 0.5) is 0 Å². The Hall–Kier alpha value is -0.0900. The molecule has 1 aliphatic carbocycles. The Bertz CT molecular complexity index is 507. The van der Waals surface area contributed by atoms with E-state index in [1.807, 2.05) is 28.7 Å². The van der Waals surface area contributed by atoms with Crippen LogP contribution in [0, 0.1) is 13.1 Å². The first-order valence-corrected chi connectivity index (χ1v) is 8.77. The molecule has 1 amide bonds. The number of nitrogens with one attached hydrogen (secondary N) is 1. The highest BCUT2D eigenvalue weighted by atomic mass is 127. The van der Waals surface area contributed by atoms with E-state index in [2.05, 4.69) is 27.9 Å². The number of halogens is 2. The maximum absolute atomic E-state index is 12.2. The Morgan fingerprint density at radius 1 is 1.35 bits per heavy atom. The van der Waals surface area contributed by atoms with Crippen LogP contribution >= 0.6 is 45.2 Å². The molecule has 1 aliphatic rings. The summed E-state index contributed by atoms with van der Waals surface area (Å²) in [5.74, 6) is 0.109. The number of carbonyl (C=O) groups excluding carboxylic acids is 1. The molecule has 1 saturated carbocycles. The lowest BCUT2D eigenvalue weighted by molar-refractivity contribution is 0.0871. The molecule has 6 heteroatoms. The van der Waals surface area contributed by atoms with Crippen molar-refractivity contribution in [2.75, 3.05) is 6.54 Å². The largest absolute Gasteiger partial charge is 0.506 e. The van der Waals surface area contributed by atoms with Crippen molar-refractivity contribution in [2.45, 2.75) is 31.8 Å². The molecule has 0 aliphatic heterocycles. The van der Waals surface area contributed by atoms with E-state index in [4.69, 9.17) is 0 Å². The van der Waals surface area contributed by atoms with Crippen molar-refractivity contribution < 1.29 is 15.0 Å². The molecule has 2 unspecified atom stereocenters. The fourth-order valence-corrected chi connectivity index (χ4v) is 4.36. The van der Waals surface area contributed by atoms with Gasteiger partial charge in [0.1, 0.15) is 5.75 Å². The Kier molecular flexibility index (Phi) is 5.91. The van der Waals surface area contributed by atoms with Crippen molar-refractivity contribution in [3.05, 3.63) is 24.8 Å². The molecule has 3 N–H and O–H groups in total. The highest BCUT2D eigenvalue weighted by Gasteiger charge is 2.21. The predicted molar refractivity (Wildman–Crippen MR) is 93.8 cm³/mol. The molecule has 0 aromatic heterocycles. The van der Waals surface area contributed by atoms with E-state index in [9.17, 15) is 15.0 Å². The standard InChI is InChI=1S/C14H17I2NO3/c15-9-5-11(13(19)12(16)6-9)14(20)17-7-8-2-1-3-10(18)4-8/h5-6,8,10,18-19H,1-4,7H2,(H,17,20). The van der Waals surface area contributed by atoms with Crippen LogP contribution in [0.3, 0.4) is 0 Å². The van der Waals surface area contributed by atoms with Gasteiger partial charge in [-0.1, -0.05) is 6.42 Å². The molecule has 0 spiro atoms. The van der Waals surface area contributed by atoms with Gasteiger partial charge in [0.05, 0.1) is 15.2 Å². The smallest absolute Gasteiger partial charge is 0.255 e. The number of hydrogen-bond acceptors (Lipinski definition) is 3. The van der Waals surface area contributed by atoms with Crippen molar-refractivity contribution in [1.29, 1.82) is 0 Å². The maximum Gasteiger partial charge on any atom is 0.255 e. The first-order valence-electron chi connectivity index (χ1n) is 6.61. The average Bonchev–Trinajstić information content (AvgIpc) is 2.40. The van der Waals surface area contributed by atoms with E-state index in [1.54, 1.807) is 6.07 Å². The summed E-state index contributed by atoms with van der Waals surface area (Å²) in [5, 5.41) is 22.5. The van der Waals surface area contributed by atoms with Crippen LogP contribution in [0.5, 0.6) is 5.75 Å². The molecule has 2 rings (SSSR count). The summed E-state index contributed by atoms with van der Waals surface area (Å²) in [6, 6.07) is 3.51. The Balaban J connectivity index is 1.98. The van der Waals surface area contributed by atoms with Crippen LogP contribution in [-0.4, -0.2) is 28.8 Å². The molecular weight excluding hydrogens is 484 g/mol. The predicted octanol–water partition coefficient (Wildman–Crippen LogP) is 2.88. The lowest BCUT2D eigenvalue weighted by Gasteiger charge is -2.25. The number of rotatable bonds is 3. The molecule has 0 heterocycles. The molecular formula is C14H17I2NO3. The van der Waals surface area contributed by atoms with Gasteiger partial charge < -0.3 is 15.5 Å². The van der Waals surface area contributed by atoms with E-state index >= 15 is 0 Å². The molecule has 1 aromatic rings. The molecule has 20 heavy (non-hydrogen) atoms. The molecule has 4 nitrogen and oxygen atoms in total. The van der Waals surface area contributed by atoms with Gasteiger partial charge in [-0.15, -0.1) is 0 Å². The van der Waals surface area contributed by atoms with E-state index in [1.165, 1.54) is 0 Å². The zero-order chi connectivity index (χ0) is 14.7. The minimum absolute atomic E-state index is 0.0344. The minimum atomic E-state index is -0.251. The van der Waals surface area contributed by atoms with Crippen LogP contribution in [0.2, 0.25) is 0 Å². The van der Waals surface area contributed by atoms with E-state index in [0.29, 0.717) is 21.6 Å². The quantitative estimate of drug-likeness (QED) is 0.559. The minimum Gasteiger partial charge on any atom is -0.506 e. The number of aliphatic hydroxyl groups is 1. The SMILES string of the molecule is O=C(NCC1CCCC(O)C1)c1cc(I)cc(I)c1O.